The van der Waals surface area contributed by atoms with Crippen LogP contribution in [0.25, 0.3) is 0 Å². The number of likely N-dealkylation sites (tertiary alicyclic amines) is 1. The minimum atomic E-state index is -0.191. The average molecular weight is 283 g/mol. The van der Waals surface area contributed by atoms with Crippen LogP contribution in [0.3, 0.4) is 0 Å². The number of piperidine rings is 1. The first-order valence-corrected chi connectivity index (χ1v) is 8.34. The largest absolute Gasteiger partial charge is 0.393 e. The Labute approximate surface area is 122 Å². The number of ether oxygens (including phenoxy) is 2. The molecule has 20 heavy (non-hydrogen) atoms. The standard InChI is InChI=1S/C16H29NO3/c1-13(18)10-14-4-2-3-7-17(14)15-5-8-20-16(11-15)6-9-19-12-16/h13-15,18H,2-12H2,1H3. The molecule has 0 amide bonds. The van der Waals surface area contributed by atoms with Crippen LogP contribution >= 0.6 is 0 Å². The molecule has 1 N–H and O–H groups in total. The van der Waals surface area contributed by atoms with Crippen molar-refractivity contribution in [2.75, 3.05) is 26.4 Å². The maximum absolute atomic E-state index is 9.75. The first-order valence-electron chi connectivity index (χ1n) is 8.34. The Morgan fingerprint density at radius 1 is 1.30 bits per heavy atom. The molecule has 0 aromatic carbocycles. The molecule has 4 unspecified atom stereocenters. The summed E-state index contributed by atoms with van der Waals surface area (Å²) >= 11 is 0. The van der Waals surface area contributed by atoms with Gasteiger partial charge in [-0.05, 0) is 45.6 Å². The molecule has 0 aromatic rings. The normalized spacial score (nSPS) is 41.1. The van der Waals surface area contributed by atoms with Gasteiger partial charge in [0.2, 0.25) is 0 Å². The van der Waals surface area contributed by atoms with Crippen molar-refractivity contribution < 1.29 is 14.6 Å². The Hall–Kier alpha value is -0.160. The molecule has 3 saturated heterocycles. The highest BCUT2D eigenvalue weighted by atomic mass is 16.6. The van der Waals surface area contributed by atoms with E-state index in [1.165, 1.54) is 25.8 Å². The highest BCUT2D eigenvalue weighted by Crippen LogP contribution is 2.37. The third-order valence-electron chi connectivity index (χ3n) is 5.29. The highest BCUT2D eigenvalue weighted by molar-refractivity contribution is 4.95. The zero-order chi connectivity index (χ0) is 14.0. The molecule has 1 spiro atoms. The van der Waals surface area contributed by atoms with Gasteiger partial charge in [0.15, 0.2) is 0 Å². The summed E-state index contributed by atoms with van der Waals surface area (Å²) in [6.45, 7) is 5.61. The maximum atomic E-state index is 9.75. The zero-order valence-electron chi connectivity index (χ0n) is 12.7. The number of hydrogen-bond donors (Lipinski definition) is 1. The molecule has 0 aliphatic carbocycles. The lowest BCUT2D eigenvalue weighted by Crippen LogP contribution is -2.54. The predicted molar refractivity (Wildman–Crippen MR) is 77.8 cm³/mol. The minimum absolute atomic E-state index is 0.00422. The van der Waals surface area contributed by atoms with Crippen LogP contribution in [0.1, 0.15) is 51.9 Å². The van der Waals surface area contributed by atoms with Crippen molar-refractivity contribution in [2.24, 2.45) is 0 Å². The quantitative estimate of drug-likeness (QED) is 0.859. The van der Waals surface area contributed by atoms with Gasteiger partial charge < -0.3 is 14.6 Å². The number of nitrogens with zero attached hydrogens (tertiary/aromatic N) is 1. The molecule has 4 atom stereocenters. The van der Waals surface area contributed by atoms with Gasteiger partial charge in [-0.1, -0.05) is 6.42 Å². The molecule has 0 aromatic heterocycles. The molecule has 0 bridgehead atoms. The van der Waals surface area contributed by atoms with Crippen molar-refractivity contribution in [3.05, 3.63) is 0 Å². The minimum Gasteiger partial charge on any atom is -0.393 e. The van der Waals surface area contributed by atoms with Crippen molar-refractivity contribution in [1.29, 1.82) is 0 Å². The van der Waals surface area contributed by atoms with Gasteiger partial charge in [0.25, 0.3) is 0 Å². The fourth-order valence-corrected chi connectivity index (χ4v) is 4.30. The SMILES string of the molecule is CC(O)CC1CCCCN1C1CCOC2(CCOC2)C1. The molecule has 3 aliphatic rings. The Morgan fingerprint density at radius 3 is 2.95 bits per heavy atom. The van der Waals surface area contributed by atoms with Crippen molar-refractivity contribution >= 4 is 0 Å². The van der Waals surface area contributed by atoms with E-state index in [0.29, 0.717) is 12.1 Å². The Kier molecular flexibility index (Phi) is 4.65. The van der Waals surface area contributed by atoms with Crippen LogP contribution in [0.15, 0.2) is 0 Å². The van der Waals surface area contributed by atoms with Gasteiger partial charge in [-0.2, -0.15) is 0 Å². The summed E-state index contributed by atoms with van der Waals surface area (Å²) in [7, 11) is 0. The lowest BCUT2D eigenvalue weighted by molar-refractivity contribution is -0.115. The lowest BCUT2D eigenvalue weighted by atomic mass is 9.86. The lowest BCUT2D eigenvalue weighted by Gasteiger charge is -2.47. The van der Waals surface area contributed by atoms with E-state index < -0.39 is 0 Å². The van der Waals surface area contributed by atoms with E-state index in [9.17, 15) is 5.11 Å². The molecule has 4 heteroatoms. The van der Waals surface area contributed by atoms with Crippen LogP contribution in [-0.4, -0.2) is 60.2 Å². The second-order valence-electron chi connectivity index (χ2n) is 6.95. The topological polar surface area (TPSA) is 41.9 Å². The van der Waals surface area contributed by atoms with Crippen molar-refractivity contribution in [3.63, 3.8) is 0 Å². The van der Waals surface area contributed by atoms with Gasteiger partial charge in [-0.15, -0.1) is 0 Å². The van der Waals surface area contributed by atoms with E-state index in [0.717, 1.165) is 45.5 Å². The average Bonchev–Trinajstić information content (AvgIpc) is 2.87. The summed E-state index contributed by atoms with van der Waals surface area (Å²) in [4.78, 5) is 2.68. The third-order valence-corrected chi connectivity index (χ3v) is 5.29. The second kappa shape index (κ2) is 6.30. The van der Waals surface area contributed by atoms with Gasteiger partial charge in [-0.3, -0.25) is 4.90 Å². The van der Waals surface area contributed by atoms with Gasteiger partial charge in [0.05, 0.1) is 18.3 Å². The summed E-state index contributed by atoms with van der Waals surface area (Å²) in [5.41, 5.74) is -0.00422. The van der Waals surface area contributed by atoms with E-state index in [4.69, 9.17) is 9.47 Å². The molecule has 3 aliphatic heterocycles. The van der Waals surface area contributed by atoms with Crippen LogP contribution in [-0.2, 0) is 9.47 Å². The first-order chi connectivity index (χ1) is 9.69. The van der Waals surface area contributed by atoms with Gasteiger partial charge >= 0.3 is 0 Å². The van der Waals surface area contributed by atoms with E-state index in [1.807, 2.05) is 6.92 Å². The Morgan fingerprint density at radius 2 is 2.20 bits per heavy atom. The smallest absolute Gasteiger partial charge is 0.0951 e. The van der Waals surface area contributed by atoms with Crippen molar-refractivity contribution in [1.82, 2.24) is 4.90 Å². The number of rotatable bonds is 3. The monoisotopic (exact) mass is 283 g/mol. The predicted octanol–water partition coefficient (Wildman–Crippen LogP) is 1.95. The van der Waals surface area contributed by atoms with Crippen LogP contribution in [0.4, 0.5) is 0 Å². The van der Waals surface area contributed by atoms with Gasteiger partial charge in [0.1, 0.15) is 0 Å². The van der Waals surface area contributed by atoms with E-state index in [2.05, 4.69) is 4.90 Å². The third kappa shape index (κ3) is 3.19. The van der Waals surface area contributed by atoms with Crippen molar-refractivity contribution in [2.45, 2.75) is 75.7 Å². The van der Waals surface area contributed by atoms with Crippen LogP contribution in [0.2, 0.25) is 0 Å². The fraction of sp³-hybridized carbons (Fsp3) is 1.00. The second-order valence-corrected chi connectivity index (χ2v) is 6.95. The van der Waals surface area contributed by atoms with Gasteiger partial charge in [0, 0.05) is 31.7 Å². The highest BCUT2D eigenvalue weighted by Gasteiger charge is 2.43. The molecule has 4 nitrogen and oxygen atoms in total. The number of hydrogen-bond acceptors (Lipinski definition) is 4. The summed E-state index contributed by atoms with van der Waals surface area (Å²) in [5, 5.41) is 9.75. The molecule has 3 rings (SSSR count). The fourth-order valence-electron chi connectivity index (χ4n) is 4.30. The molecule has 0 radical (unpaired) electrons. The summed E-state index contributed by atoms with van der Waals surface area (Å²) in [6.07, 6.45) is 7.89. The maximum Gasteiger partial charge on any atom is 0.0951 e. The van der Waals surface area contributed by atoms with E-state index in [1.54, 1.807) is 0 Å². The number of aliphatic hydroxyl groups is 1. The zero-order valence-corrected chi connectivity index (χ0v) is 12.7. The van der Waals surface area contributed by atoms with E-state index >= 15 is 0 Å². The Bertz CT molecular complexity index is 315. The molecule has 3 fully saturated rings. The molecular weight excluding hydrogens is 254 g/mol. The van der Waals surface area contributed by atoms with Crippen LogP contribution in [0.5, 0.6) is 0 Å². The van der Waals surface area contributed by atoms with Crippen LogP contribution < -0.4 is 0 Å². The van der Waals surface area contributed by atoms with Crippen molar-refractivity contribution in [3.8, 4) is 0 Å². The summed E-state index contributed by atoms with van der Waals surface area (Å²) in [6, 6.07) is 1.18. The number of aliphatic hydroxyl groups excluding tert-OH is 1. The summed E-state index contributed by atoms with van der Waals surface area (Å²) < 4.78 is 11.6. The Balaban J connectivity index is 1.66. The molecular formula is C16H29NO3. The first kappa shape index (κ1) is 14.8. The van der Waals surface area contributed by atoms with Gasteiger partial charge in [-0.25, -0.2) is 0 Å². The molecule has 3 heterocycles. The van der Waals surface area contributed by atoms with Crippen LogP contribution in [0, 0.1) is 0 Å². The van der Waals surface area contributed by atoms with E-state index in [-0.39, 0.29) is 11.7 Å². The molecule has 116 valence electrons. The summed E-state index contributed by atoms with van der Waals surface area (Å²) in [5.74, 6) is 0. The molecule has 0 saturated carbocycles.